The highest BCUT2D eigenvalue weighted by molar-refractivity contribution is 5.95. The highest BCUT2D eigenvalue weighted by Gasteiger charge is 2.23. The zero-order chi connectivity index (χ0) is 22.1. The molecule has 2 amide bonds. The molecular weight excluding hydrogens is 386 g/mol. The molecule has 0 radical (unpaired) electrons. The van der Waals surface area contributed by atoms with Gasteiger partial charge in [0.25, 0.3) is 0 Å². The van der Waals surface area contributed by atoms with Gasteiger partial charge < -0.3 is 10.2 Å². The molecule has 2 aromatic carbocycles. The second-order valence-corrected chi connectivity index (χ2v) is 7.42. The van der Waals surface area contributed by atoms with E-state index in [1.807, 2.05) is 79.7 Å². The van der Waals surface area contributed by atoms with E-state index in [0.29, 0.717) is 13.1 Å². The maximum atomic E-state index is 13.2. The SMILES string of the molecule is Cc1ccccc1CN(Cc1ccccn1)C(=O)C(C)NC(=O)C=Cc1ccccc1. The lowest BCUT2D eigenvalue weighted by Crippen LogP contribution is -2.46. The largest absolute Gasteiger partial charge is 0.341 e. The standard InChI is InChI=1S/C26H27N3O2/c1-20-10-6-7-13-23(20)18-29(19-24-14-8-9-17-27-24)26(31)21(2)28-25(30)16-15-22-11-4-3-5-12-22/h3-17,21H,18-19H2,1-2H3,(H,28,30). The van der Waals surface area contributed by atoms with E-state index in [0.717, 1.165) is 22.4 Å². The molecule has 0 aliphatic heterocycles. The van der Waals surface area contributed by atoms with E-state index in [-0.39, 0.29) is 11.8 Å². The van der Waals surface area contributed by atoms with Gasteiger partial charge in [-0.05, 0) is 48.7 Å². The third kappa shape index (κ3) is 6.64. The van der Waals surface area contributed by atoms with Crippen molar-refractivity contribution in [3.05, 3.63) is 107 Å². The summed E-state index contributed by atoms with van der Waals surface area (Å²) in [5.74, 6) is -0.464. The Kier molecular flexibility index (Phi) is 7.71. The predicted molar refractivity (Wildman–Crippen MR) is 123 cm³/mol. The average Bonchev–Trinajstić information content (AvgIpc) is 2.79. The van der Waals surface area contributed by atoms with Crippen LogP contribution in [0.5, 0.6) is 0 Å². The summed E-state index contributed by atoms with van der Waals surface area (Å²) in [6, 6.07) is 22.5. The number of carbonyl (C=O) groups excluding carboxylic acids is 2. The molecule has 0 aliphatic carbocycles. The topological polar surface area (TPSA) is 62.3 Å². The maximum absolute atomic E-state index is 13.2. The van der Waals surface area contributed by atoms with E-state index in [4.69, 9.17) is 0 Å². The summed E-state index contributed by atoms with van der Waals surface area (Å²) in [4.78, 5) is 31.7. The molecule has 1 unspecified atom stereocenters. The third-order valence-corrected chi connectivity index (χ3v) is 4.97. The van der Waals surface area contributed by atoms with E-state index >= 15 is 0 Å². The van der Waals surface area contributed by atoms with Gasteiger partial charge in [-0.25, -0.2) is 0 Å². The molecule has 31 heavy (non-hydrogen) atoms. The van der Waals surface area contributed by atoms with Gasteiger partial charge in [-0.3, -0.25) is 14.6 Å². The van der Waals surface area contributed by atoms with Crippen molar-refractivity contribution < 1.29 is 9.59 Å². The second-order valence-electron chi connectivity index (χ2n) is 7.42. The van der Waals surface area contributed by atoms with Crippen molar-refractivity contribution in [1.82, 2.24) is 15.2 Å². The molecule has 0 saturated heterocycles. The van der Waals surface area contributed by atoms with Crippen LogP contribution in [0.4, 0.5) is 0 Å². The van der Waals surface area contributed by atoms with E-state index in [1.165, 1.54) is 6.08 Å². The Morgan fingerprint density at radius 3 is 2.39 bits per heavy atom. The van der Waals surface area contributed by atoms with Crippen molar-refractivity contribution in [3.63, 3.8) is 0 Å². The van der Waals surface area contributed by atoms with Crippen LogP contribution >= 0.6 is 0 Å². The molecule has 1 heterocycles. The number of hydrogen-bond acceptors (Lipinski definition) is 3. The first kappa shape index (κ1) is 22.0. The van der Waals surface area contributed by atoms with Crippen LogP contribution in [0, 0.1) is 6.92 Å². The Hall–Kier alpha value is -3.73. The van der Waals surface area contributed by atoms with Crippen LogP contribution in [0.1, 0.15) is 29.3 Å². The Bertz CT molecular complexity index is 1030. The zero-order valence-electron chi connectivity index (χ0n) is 17.9. The molecule has 1 atom stereocenters. The normalized spacial score (nSPS) is 11.8. The lowest BCUT2D eigenvalue weighted by atomic mass is 10.1. The highest BCUT2D eigenvalue weighted by atomic mass is 16.2. The van der Waals surface area contributed by atoms with Gasteiger partial charge in [0.2, 0.25) is 11.8 Å². The summed E-state index contributed by atoms with van der Waals surface area (Å²) < 4.78 is 0. The maximum Gasteiger partial charge on any atom is 0.245 e. The van der Waals surface area contributed by atoms with Crippen LogP contribution in [-0.4, -0.2) is 27.7 Å². The molecule has 1 aromatic heterocycles. The number of carbonyl (C=O) groups is 2. The monoisotopic (exact) mass is 413 g/mol. The molecule has 5 heteroatoms. The molecule has 158 valence electrons. The second kappa shape index (κ2) is 10.9. The molecule has 0 fully saturated rings. The number of pyridine rings is 1. The summed E-state index contributed by atoms with van der Waals surface area (Å²) in [6.45, 7) is 4.55. The number of aryl methyl sites for hydroxylation is 1. The van der Waals surface area contributed by atoms with Gasteiger partial charge in [-0.2, -0.15) is 0 Å². The summed E-state index contributed by atoms with van der Waals surface area (Å²) in [7, 11) is 0. The minimum Gasteiger partial charge on any atom is -0.341 e. The molecule has 0 saturated carbocycles. The number of aromatic nitrogens is 1. The van der Waals surface area contributed by atoms with E-state index < -0.39 is 6.04 Å². The zero-order valence-corrected chi connectivity index (χ0v) is 17.9. The number of rotatable bonds is 8. The van der Waals surface area contributed by atoms with Gasteiger partial charge in [0.1, 0.15) is 6.04 Å². The van der Waals surface area contributed by atoms with Crippen molar-refractivity contribution in [3.8, 4) is 0 Å². The van der Waals surface area contributed by atoms with Crippen LogP contribution in [0.2, 0.25) is 0 Å². The quantitative estimate of drug-likeness (QED) is 0.565. The summed E-state index contributed by atoms with van der Waals surface area (Å²) in [5, 5.41) is 2.78. The molecule has 3 aromatic rings. The fourth-order valence-electron chi connectivity index (χ4n) is 3.23. The summed E-state index contributed by atoms with van der Waals surface area (Å²) in [5.41, 5.74) is 3.90. The average molecular weight is 414 g/mol. The molecule has 5 nitrogen and oxygen atoms in total. The molecule has 3 rings (SSSR count). The lowest BCUT2D eigenvalue weighted by Gasteiger charge is -2.26. The molecule has 0 spiro atoms. The number of benzene rings is 2. The summed E-state index contributed by atoms with van der Waals surface area (Å²) in [6.07, 6.45) is 4.89. The van der Waals surface area contributed by atoms with Crippen molar-refractivity contribution in [2.24, 2.45) is 0 Å². The van der Waals surface area contributed by atoms with Crippen LogP contribution in [0.25, 0.3) is 6.08 Å². The number of amides is 2. The Balaban J connectivity index is 1.71. The van der Waals surface area contributed by atoms with E-state index in [1.54, 1.807) is 24.1 Å². The molecule has 0 bridgehead atoms. The van der Waals surface area contributed by atoms with Crippen molar-refractivity contribution in [1.29, 1.82) is 0 Å². The first-order valence-corrected chi connectivity index (χ1v) is 10.3. The smallest absolute Gasteiger partial charge is 0.245 e. The van der Waals surface area contributed by atoms with Gasteiger partial charge in [-0.15, -0.1) is 0 Å². The Labute approximate surface area is 183 Å². The number of hydrogen-bond donors (Lipinski definition) is 1. The first-order valence-electron chi connectivity index (χ1n) is 10.3. The van der Waals surface area contributed by atoms with Crippen LogP contribution in [-0.2, 0) is 22.7 Å². The fraction of sp³-hybridized carbons (Fsp3) is 0.192. The number of nitrogens with zero attached hydrogens (tertiary/aromatic N) is 2. The molecular formula is C26H27N3O2. The van der Waals surface area contributed by atoms with Gasteiger partial charge in [0.05, 0.1) is 12.2 Å². The lowest BCUT2D eigenvalue weighted by molar-refractivity contribution is -0.136. The van der Waals surface area contributed by atoms with Crippen LogP contribution in [0.3, 0.4) is 0 Å². The molecule has 0 aliphatic rings. The number of nitrogens with one attached hydrogen (secondary N) is 1. The van der Waals surface area contributed by atoms with Crippen LogP contribution < -0.4 is 5.32 Å². The van der Waals surface area contributed by atoms with Gasteiger partial charge in [-0.1, -0.05) is 60.7 Å². The van der Waals surface area contributed by atoms with E-state index in [9.17, 15) is 9.59 Å². The minimum atomic E-state index is -0.666. The highest BCUT2D eigenvalue weighted by Crippen LogP contribution is 2.14. The van der Waals surface area contributed by atoms with Gasteiger partial charge in [0.15, 0.2) is 0 Å². The van der Waals surface area contributed by atoms with Crippen molar-refractivity contribution >= 4 is 17.9 Å². The fourth-order valence-corrected chi connectivity index (χ4v) is 3.23. The molecule has 1 N–H and O–H groups in total. The first-order chi connectivity index (χ1) is 15.0. The third-order valence-electron chi connectivity index (χ3n) is 4.97. The van der Waals surface area contributed by atoms with Crippen LogP contribution in [0.15, 0.2) is 85.1 Å². The predicted octanol–water partition coefficient (Wildman–Crippen LogP) is 4.14. The van der Waals surface area contributed by atoms with Gasteiger partial charge >= 0.3 is 0 Å². The summed E-state index contributed by atoms with van der Waals surface area (Å²) >= 11 is 0. The van der Waals surface area contributed by atoms with E-state index in [2.05, 4.69) is 10.3 Å². The minimum absolute atomic E-state index is 0.157. The van der Waals surface area contributed by atoms with Crippen molar-refractivity contribution in [2.45, 2.75) is 33.0 Å². The Morgan fingerprint density at radius 2 is 1.68 bits per heavy atom. The van der Waals surface area contributed by atoms with Crippen molar-refractivity contribution in [2.75, 3.05) is 0 Å². The Morgan fingerprint density at radius 1 is 0.968 bits per heavy atom. The van der Waals surface area contributed by atoms with Gasteiger partial charge in [0, 0.05) is 18.8 Å².